The fourth-order valence-corrected chi connectivity index (χ4v) is 2.96. The van der Waals surface area contributed by atoms with E-state index in [1.807, 2.05) is 48.5 Å². The molecule has 0 atom stereocenters. The molecule has 1 N–H and O–H groups in total. The molecule has 1 heterocycles. The van der Waals surface area contributed by atoms with E-state index in [1.54, 1.807) is 23.6 Å². The summed E-state index contributed by atoms with van der Waals surface area (Å²) in [4.78, 5) is 14.3. The summed E-state index contributed by atoms with van der Waals surface area (Å²) in [5.41, 5.74) is 1.85. The zero-order chi connectivity index (χ0) is 19.4. The number of aromatic amines is 1. The molecule has 27 heavy (non-hydrogen) atoms. The first-order valence-corrected chi connectivity index (χ1v) is 9.04. The molecule has 3 rings (SSSR count). The van der Waals surface area contributed by atoms with Gasteiger partial charge in [-0.1, -0.05) is 23.7 Å². The van der Waals surface area contributed by atoms with Crippen molar-refractivity contribution in [1.82, 2.24) is 19.7 Å². The number of aromatic nitrogens is 3. The molecule has 0 aliphatic heterocycles. The number of nitrogens with one attached hydrogen (secondary N) is 1. The van der Waals surface area contributed by atoms with Gasteiger partial charge in [-0.05, 0) is 54.2 Å². The van der Waals surface area contributed by atoms with Gasteiger partial charge in [0.15, 0.2) is 10.6 Å². The largest absolute Gasteiger partial charge is 0.497 e. The van der Waals surface area contributed by atoms with Crippen LogP contribution in [0.1, 0.15) is 5.56 Å². The minimum atomic E-state index is -0.0720. The van der Waals surface area contributed by atoms with Gasteiger partial charge in [-0.15, -0.1) is 0 Å². The summed E-state index contributed by atoms with van der Waals surface area (Å²) in [5, 5.41) is 7.70. The Kier molecular flexibility index (Phi) is 5.93. The summed E-state index contributed by atoms with van der Waals surface area (Å²) >= 11 is 11.2. The molecule has 8 heteroatoms. The van der Waals surface area contributed by atoms with E-state index < -0.39 is 0 Å². The number of H-pyrrole nitrogens is 1. The van der Waals surface area contributed by atoms with E-state index in [0.717, 1.165) is 16.9 Å². The number of benzene rings is 2. The number of amides is 1. The maximum atomic E-state index is 12.7. The third-order valence-corrected chi connectivity index (χ3v) is 4.72. The van der Waals surface area contributed by atoms with Crippen molar-refractivity contribution in [3.05, 3.63) is 63.9 Å². The van der Waals surface area contributed by atoms with Gasteiger partial charge in [-0.25, -0.2) is 0 Å². The van der Waals surface area contributed by atoms with Crippen LogP contribution in [0.3, 0.4) is 0 Å². The van der Waals surface area contributed by atoms with Crippen molar-refractivity contribution in [2.24, 2.45) is 0 Å². The van der Waals surface area contributed by atoms with Gasteiger partial charge < -0.3 is 9.64 Å². The highest BCUT2D eigenvalue weighted by Crippen LogP contribution is 2.21. The second-order valence-corrected chi connectivity index (χ2v) is 6.87. The molecule has 0 aliphatic rings. The van der Waals surface area contributed by atoms with Gasteiger partial charge in [-0.2, -0.15) is 5.10 Å². The minimum absolute atomic E-state index is 0.0720. The molecule has 2 aromatic carbocycles. The molecule has 0 spiro atoms. The zero-order valence-corrected chi connectivity index (χ0v) is 16.5. The lowest BCUT2D eigenvalue weighted by Gasteiger charge is -2.18. The van der Waals surface area contributed by atoms with Crippen LogP contribution in [0, 0.1) is 4.77 Å². The van der Waals surface area contributed by atoms with Crippen LogP contribution in [-0.2, 0) is 17.9 Å². The van der Waals surface area contributed by atoms with E-state index >= 15 is 0 Å². The Bertz CT molecular complexity index is 980. The van der Waals surface area contributed by atoms with Gasteiger partial charge in [-0.3, -0.25) is 14.5 Å². The highest BCUT2D eigenvalue weighted by Gasteiger charge is 2.15. The molecule has 0 radical (unpaired) electrons. The first kappa shape index (κ1) is 19.1. The lowest BCUT2D eigenvalue weighted by atomic mass is 10.2. The Labute approximate surface area is 167 Å². The van der Waals surface area contributed by atoms with Crippen LogP contribution >= 0.6 is 23.8 Å². The summed E-state index contributed by atoms with van der Waals surface area (Å²) in [5.74, 6) is 1.28. The summed E-state index contributed by atoms with van der Waals surface area (Å²) in [6.07, 6.45) is 0. The quantitative estimate of drug-likeness (QED) is 0.634. The number of likely N-dealkylation sites (N-methyl/N-ethyl adjacent to an activating group) is 1. The van der Waals surface area contributed by atoms with Crippen LogP contribution in [0.4, 0.5) is 0 Å². The number of carbonyl (C=O) groups excluding carboxylic acids is 1. The molecular formula is C19H19ClN4O2S. The van der Waals surface area contributed by atoms with Crippen molar-refractivity contribution >= 4 is 29.7 Å². The van der Waals surface area contributed by atoms with Crippen molar-refractivity contribution in [3.8, 4) is 17.1 Å². The zero-order valence-electron chi connectivity index (χ0n) is 15.0. The normalized spacial score (nSPS) is 10.6. The van der Waals surface area contributed by atoms with Gasteiger partial charge in [0.25, 0.3) is 0 Å². The number of halogens is 1. The molecule has 3 aromatic rings. The fraction of sp³-hybridized carbons (Fsp3) is 0.211. The maximum Gasteiger partial charge on any atom is 0.242 e. The highest BCUT2D eigenvalue weighted by molar-refractivity contribution is 7.71. The molecule has 0 fully saturated rings. The van der Waals surface area contributed by atoms with Gasteiger partial charge in [0.05, 0.1) is 7.11 Å². The van der Waals surface area contributed by atoms with E-state index in [1.165, 1.54) is 0 Å². The van der Waals surface area contributed by atoms with Crippen LogP contribution in [0.2, 0.25) is 5.02 Å². The standard InChI is InChI=1S/C19H19ClN4O2S/c1-23(11-13-3-7-15(20)8-4-13)17(25)12-24-18(21-22-19(24)27)14-5-9-16(26-2)10-6-14/h3-10H,11-12H2,1-2H3,(H,22,27). The first-order valence-electron chi connectivity index (χ1n) is 8.26. The van der Waals surface area contributed by atoms with E-state index in [-0.39, 0.29) is 12.5 Å². The average Bonchev–Trinajstić information content (AvgIpc) is 3.04. The molecule has 0 unspecified atom stereocenters. The number of nitrogens with zero attached hydrogens (tertiary/aromatic N) is 3. The molecule has 0 bridgehead atoms. The van der Waals surface area contributed by atoms with Crippen molar-refractivity contribution < 1.29 is 9.53 Å². The van der Waals surface area contributed by atoms with Crippen LogP contribution in [0.5, 0.6) is 5.75 Å². The number of ether oxygens (including phenoxy) is 1. The Morgan fingerprint density at radius 1 is 1.22 bits per heavy atom. The van der Waals surface area contributed by atoms with Gasteiger partial charge in [0, 0.05) is 24.2 Å². The third kappa shape index (κ3) is 4.56. The van der Waals surface area contributed by atoms with Crippen molar-refractivity contribution in [2.75, 3.05) is 14.2 Å². The first-order chi connectivity index (χ1) is 13.0. The molecule has 1 aromatic heterocycles. The SMILES string of the molecule is COc1ccc(-c2n[nH]c(=S)n2CC(=O)N(C)Cc2ccc(Cl)cc2)cc1. The Morgan fingerprint density at radius 3 is 2.52 bits per heavy atom. The van der Waals surface area contributed by atoms with Crippen molar-refractivity contribution in [2.45, 2.75) is 13.1 Å². The molecule has 6 nitrogen and oxygen atoms in total. The highest BCUT2D eigenvalue weighted by atomic mass is 35.5. The Hall–Kier alpha value is -2.64. The molecule has 0 saturated carbocycles. The molecular weight excluding hydrogens is 384 g/mol. The summed E-state index contributed by atoms with van der Waals surface area (Å²) in [6, 6.07) is 14.9. The number of methoxy groups -OCH3 is 1. The van der Waals surface area contributed by atoms with Gasteiger partial charge in [0.2, 0.25) is 5.91 Å². The predicted octanol–water partition coefficient (Wildman–Crippen LogP) is 3.93. The second-order valence-electron chi connectivity index (χ2n) is 6.04. The minimum Gasteiger partial charge on any atom is -0.497 e. The number of carbonyl (C=O) groups is 1. The van der Waals surface area contributed by atoms with E-state index in [4.69, 9.17) is 28.6 Å². The molecule has 0 saturated heterocycles. The molecule has 0 aliphatic carbocycles. The fourth-order valence-electron chi connectivity index (χ4n) is 2.63. The van der Waals surface area contributed by atoms with E-state index in [0.29, 0.717) is 22.2 Å². The van der Waals surface area contributed by atoms with Crippen LogP contribution in [0.25, 0.3) is 11.4 Å². The lowest BCUT2D eigenvalue weighted by molar-refractivity contribution is -0.131. The van der Waals surface area contributed by atoms with Gasteiger partial charge in [0.1, 0.15) is 12.3 Å². The molecule has 140 valence electrons. The summed E-state index contributed by atoms with van der Waals surface area (Å²) < 4.78 is 7.27. The van der Waals surface area contributed by atoms with Crippen LogP contribution in [0.15, 0.2) is 48.5 Å². The van der Waals surface area contributed by atoms with Crippen molar-refractivity contribution in [3.63, 3.8) is 0 Å². The monoisotopic (exact) mass is 402 g/mol. The van der Waals surface area contributed by atoms with Crippen LogP contribution < -0.4 is 4.74 Å². The number of rotatable bonds is 6. The topological polar surface area (TPSA) is 63.1 Å². The third-order valence-electron chi connectivity index (χ3n) is 4.16. The van der Waals surface area contributed by atoms with E-state index in [9.17, 15) is 4.79 Å². The predicted molar refractivity (Wildman–Crippen MR) is 107 cm³/mol. The van der Waals surface area contributed by atoms with Gasteiger partial charge >= 0.3 is 0 Å². The second kappa shape index (κ2) is 8.37. The number of hydrogen-bond donors (Lipinski definition) is 1. The smallest absolute Gasteiger partial charge is 0.242 e. The van der Waals surface area contributed by atoms with Crippen LogP contribution in [-0.4, -0.2) is 39.7 Å². The summed E-state index contributed by atoms with van der Waals surface area (Å²) in [6.45, 7) is 0.583. The average molecular weight is 403 g/mol. The maximum absolute atomic E-state index is 12.7. The number of hydrogen-bond acceptors (Lipinski definition) is 4. The van der Waals surface area contributed by atoms with Crippen molar-refractivity contribution in [1.29, 1.82) is 0 Å². The summed E-state index contributed by atoms with van der Waals surface area (Å²) in [7, 11) is 3.37. The lowest BCUT2D eigenvalue weighted by Crippen LogP contribution is -2.30. The Morgan fingerprint density at radius 2 is 1.89 bits per heavy atom. The van der Waals surface area contributed by atoms with E-state index in [2.05, 4.69) is 10.2 Å². The molecule has 1 amide bonds. The Balaban J connectivity index is 1.76.